The zero-order valence-electron chi connectivity index (χ0n) is 15.2. The molecule has 2 aromatic rings. The Hall–Kier alpha value is -2.34. The van der Waals surface area contributed by atoms with E-state index in [1.54, 1.807) is 23.1 Å². The van der Waals surface area contributed by atoms with Gasteiger partial charge in [0.2, 0.25) is 5.91 Å². The molecule has 0 aromatic heterocycles. The highest BCUT2D eigenvalue weighted by Gasteiger charge is 2.22. The lowest BCUT2D eigenvalue weighted by Gasteiger charge is -2.29. The lowest BCUT2D eigenvalue weighted by molar-refractivity contribution is -0.118. The van der Waals surface area contributed by atoms with Gasteiger partial charge in [0.25, 0.3) is 10.0 Å². The number of amides is 1. The van der Waals surface area contributed by atoms with E-state index >= 15 is 0 Å². The Morgan fingerprint density at radius 3 is 2.50 bits per heavy atom. The average molecular weight is 372 g/mol. The van der Waals surface area contributed by atoms with Crippen LogP contribution in [0, 0.1) is 0 Å². The zero-order chi connectivity index (χ0) is 18.7. The first-order valence-electron chi connectivity index (χ1n) is 8.99. The summed E-state index contributed by atoms with van der Waals surface area (Å²) in [5.74, 6) is 0.0929. The predicted octanol–water partition coefficient (Wildman–Crippen LogP) is 3.74. The van der Waals surface area contributed by atoms with E-state index in [-0.39, 0.29) is 10.8 Å². The van der Waals surface area contributed by atoms with Crippen LogP contribution in [-0.4, -0.2) is 20.9 Å². The van der Waals surface area contributed by atoms with Crippen molar-refractivity contribution in [2.75, 3.05) is 16.2 Å². The van der Waals surface area contributed by atoms with Crippen molar-refractivity contribution in [3.05, 3.63) is 53.6 Å². The van der Waals surface area contributed by atoms with Crippen LogP contribution in [0.1, 0.15) is 37.8 Å². The summed E-state index contributed by atoms with van der Waals surface area (Å²) in [6.07, 6.45) is 3.05. The Kier molecular flexibility index (Phi) is 5.32. The fourth-order valence-corrected chi connectivity index (χ4v) is 4.28. The topological polar surface area (TPSA) is 66.5 Å². The first kappa shape index (κ1) is 18.5. The van der Waals surface area contributed by atoms with Crippen LogP contribution in [0.3, 0.4) is 0 Å². The number of fused-ring (bicyclic) bond motifs is 1. The molecule has 1 heterocycles. The second-order valence-corrected chi connectivity index (χ2v) is 8.13. The number of nitrogens with one attached hydrogen (secondary N) is 1. The maximum atomic E-state index is 12.6. The summed E-state index contributed by atoms with van der Waals surface area (Å²) in [7, 11) is -3.63. The van der Waals surface area contributed by atoms with Crippen LogP contribution in [0.5, 0.6) is 0 Å². The number of sulfonamides is 1. The number of rotatable bonds is 5. The zero-order valence-corrected chi connectivity index (χ0v) is 16.0. The van der Waals surface area contributed by atoms with E-state index in [0.29, 0.717) is 18.7 Å². The van der Waals surface area contributed by atoms with Crippen LogP contribution in [-0.2, 0) is 27.7 Å². The number of nitrogens with zero attached hydrogens (tertiary/aromatic N) is 1. The fourth-order valence-electron chi connectivity index (χ4n) is 3.23. The van der Waals surface area contributed by atoms with Gasteiger partial charge in [-0.15, -0.1) is 0 Å². The highest BCUT2D eigenvalue weighted by molar-refractivity contribution is 7.92. The SMILES string of the molecule is CCC(=O)N1CCCc2cc(NS(=O)(=O)c3ccc(CC)cc3)ccc21. The van der Waals surface area contributed by atoms with Crippen molar-refractivity contribution in [2.24, 2.45) is 0 Å². The molecule has 0 unspecified atom stereocenters. The molecule has 1 aliphatic rings. The number of benzene rings is 2. The number of hydrogen-bond donors (Lipinski definition) is 1. The normalized spacial score (nSPS) is 14.0. The summed E-state index contributed by atoms with van der Waals surface area (Å²) >= 11 is 0. The molecule has 0 radical (unpaired) electrons. The molecule has 1 N–H and O–H groups in total. The Morgan fingerprint density at radius 2 is 1.85 bits per heavy atom. The molecule has 0 spiro atoms. The number of carbonyl (C=O) groups excluding carboxylic acids is 1. The Bertz CT molecular complexity index is 905. The van der Waals surface area contributed by atoms with Crippen molar-refractivity contribution in [1.82, 2.24) is 0 Å². The summed E-state index contributed by atoms with van der Waals surface area (Å²) < 4.78 is 27.9. The molecule has 6 heteroatoms. The second kappa shape index (κ2) is 7.50. The van der Waals surface area contributed by atoms with E-state index < -0.39 is 10.0 Å². The minimum absolute atomic E-state index is 0.0929. The quantitative estimate of drug-likeness (QED) is 0.869. The van der Waals surface area contributed by atoms with Gasteiger partial charge in [-0.3, -0.25) is 9.52 Å². The molecular formula is C20H24N2O3S. The predicted molar refractivity (Wildman–Crippen MR) is 104 cm³/mol. The maximum Gasteiger partial charge on any atom is 0.261 e. The van der Waals surface area contributed by atoms with Gasteiger partial charge in [-0.25, -0.2) is 8.42 Å². The van der Waals surface area contributed by atoms with Gasteiger partial charge in [-0.1, -0.05) is 26.0 Å². The lowest BCUT2D eigenvalue weighted by Crippen LogP contribution is -2.34. The molecule has 0 atom stereocenters. The smallest absolute Gasteiger partial charge is 0.261 e. The largest absolute Gasteiger partial charge is 0.312 e. The molecule has 0 saturated heterocycles. The molecule has 138 valence electrons. The van der Waals surface area contributed by atoms with Gasteiger partial charge in [0, 0.05) is 24.3 Å². The van der Waals surface area contributed by atoms with E-state index in [1.165, 1.54) is 0 Å². The van der Waals surface area contributed by atoms with Gasteiger partial charge in [0.05, 0.1) is 4.90 Å². The molecule has 1 aliphatic heterocycles. The molecule has 0 aliphatic carbocycles. The van der Waals surface area contributed by atoms with Crippen LogP contribution in [0.4, 0.5) is 11.4 Å². The third-order valence-corrected chi connectivity index (χ3v) is 6.09. The molecule has 3 rings (SSSR count). The van der Waals surface area contributed by atoms with Crippen molar-refractivity contribution in [3.63, 3.8) is 0 Å². The van der Waals surface area contributed by atoms with E-state index in [2.05, 4.69) is 4.72 Å². The lowest BCUT2D eigenvalue weighted by atomic mass is 10.0. The first-order valence-corrected chi connectivity index (χ1v) is 10.5. The van der Waals surface area contributed by atoms with Crippen molar-refractivity contribution in [3.8, 4) is 0 Å². The Labute approximate surface area is 155 Å². The van der Waals surface area contributed by atoms with E-state index in [9.17, 15) is 13.2 Å². The van der Waals surface area contributed by atoms with Crippen molar-refractivity contribution < 1.29 is 13.2 Å². The summed E-state index contributed by atoms with van der Waals surface area (Å²) in [6, 6.07) is 12.3. The summed E-state index contributed by atoms with van der Waals surface area (Å²) in [6.45, 7) is 4.60. The summed E-state index contributed by atoms with van der Waals surface area (Å²) in [5.41, 5.74) is 3.51. The minimum atomic E-state index is -3.63. The van der Waals surface area contributed by atoms with E-state index in [0.717, 1.165) is 36.1 Å². The van der Waals surface area contributed by atoms with Crippen LogP contribution in [0.2, 0.25) is 0 Å². The monoisotopic (exact) mass is 372 g/mol. The number of aryl methyl sites for hydroxylation is 2. The average Bonchev–Trinajstić information content (AvgIpc) is 2.66. The standard InChI is InChI=1S/C20H24N2O3S/c1-3-15-7-10-18(11-8-15)26(24,25)21-17-9-12-19-16(14-17)6-5-13-22(19)20(23)4-2/h7-12,14,21H,3-6,13H2,1-2H3. The van der Waals surface area contributed by atoms with Gasteiger partial charge in [0.1, 0.15) is 0 Å². The van der Waals surface area contributed by atoms with Crippen LogP contribution in [0.25, 0.3) is 0 Å². The Balaban J connectivity index is 1.85. The van der Waals surface area contributed by atoms with E-state index in [1.807, 2.05) is 38.1 Å². The van der Waals surface area contributed by atoms with Crippen LogP contribution < -0.4 is 9.62 Å². The molecule has 26 heavy (non-hydrogen) atoms. The molecule has 0 bridgehead atoms. The molecular weight excluding hydrogens is 348 g/mol. The van der Waals surface area contributed by atoms with Gasteiger partial charge >= 0.3 is 0 Å². The van der Waals surface area contributed by atoms with Crippen molar-refractivity contribution >= 4 is 27.3 Å². The fraction of sp³-hybridized carbons (Fsp3) is 0.350. The molecule has 2 aromatic carbocycles. The van der Waals surface area contributed by atoms with Gasteiger partial charge < -0.3 is 4.90 Å². The highest BCUT2D eigenvalue weighted by atomic mass is 32.2. The highest BCUT2D eigenvalue weighted by Crippen LogP contribution is 2.31. The van der Waals surface area contributed by atoms with Gasteiger partial charge in [-0.05, 0) is 60.7 Å². The van der Waals surface area contributed by atoms with Gasteiger partial charge in [-0.2, -0.15) is 0 Å². The maximum absolute atomic E-state index is 12.6. The minimum Gasteiger partial charge on any atom is -0.312 e. The van der Waals surface area contributed by atoms with Gasteiger partial charge in [0.15, 0.2) is 0 Å². The third kappa shape index (κ3) is 3.75. The molecule has 0 fully saturated rings. The second-order valence-electron chi connectivity index (χ2n) is 6.45. The number of anilines is 2. The van der Waals surface area contributed by atoms with Crippen LogP contribution in [0.15, 0.2) is 47.4 Å². The van der Waals surface area contributed by atoms with Crippen molar-refractivity contribution in [2.45, 2.75) is 44.4 Å². The van der Waals surface area contributed by atoms with Crippen LogP contribution >= 0.6 is 0 Å². The molecule has 0 saturated carbocycles. The summed E-state index contributed by atoms with van der Waals surface area (Å²) in [5, 5.41) is 0. The number of hydrogen-bond acceptors (Lipinski definition) is 3. The molecule has 1 amide bonds. The summed E-state index contributed by atoms with van der Waals surface area (Å²) in [4.78, 5) is 14.1. The Morgan fingerprint density at radius 1 is 1.12 bits per heavy atom. The molecule has 5 nitrogen and oxygen atoms in total. The first-order chi connectivity index (χ1) is 12.4. The number of carbonyl (C=O) groups is 1. The van der Waals surface area contributed by atoms with Crippen molar-refractivity contribution in [1.29, 1.82) is 0 Å². The third-order valence-electron chi connectivity index (χ3n) is 4.70. The van der Waals surface area contributed by atoms with E-state index in [4.69, 9.17) is 0 Å².